The summed E-state index contributed by atoms with van der Waals surface area (Å²) in [5.74, 6) is 0. The second kappa shape index (κ2) is 5.87. The normalized spacial score (nSPS) is 36.2. The fourth-order valence-corrected chi connectivity index (χ4v) is 3.57. The molecule has 2 saturated heterocycles. The Kier molecular flexibility index (Phi) is 4.64. The maximum atomic E-state index is 6.13. The molecule has 2 fully saturated rings. The maximum absolute atomic E-state index is 6.13. The molecule has 2 unspecified atom stereocenters. The van der Waals surface area contributed by atoms with E-state index < -0.39 is 0 Å². The second-order valence-electron chi connectivity index (χ2n) is 6.21. The number of likely N-dealkylation sites (N-methyl/N-ethyl adjacent to an activating group) is 1. The molecule has 2 N–H and O–H groups in total. The summed E-state index contributed by atoms with van der Waals surface area (Å²) in [5.41, 5.74) is 6.29. The van der Waals surface area contributed by atoms with Crippen molar-refractivity contribution in [3.05, 3.63) is 0 Å². The van der Waals surface area contributed by atoms with E-state index in [9.17, 15) is 0 Å². The van der Waals surface area contributed by atoms with Crippen LogP contribution >= 0.6 is 0 Å². The van der Waals surface area contributed by atoms with Gasteiger partial charge in [-0.05, 0) is 59.8 Å². The van der Waals surface area contributed by atoms with Gasteiger partial charge in [0.15, 0.2) is 0 Å². The van der Waals surface area contributed by atoms with Crippen LogP contribution in [0.25, 0.3) is 0 Å². The average Bonchev–Trinajstić information content (AvgIpc) is 2.38. The highest BCUT2D eigenvalue weighted by atomic mass is 16.5. The van der Waals surface area contributed by atoms with Crippen LogP contribution in [0.2, 0.25) is 0 Å². The van der Waals surface area contributed by atoms with Crippen LogP contribution in [0.5, 0.6) is 0 Å². The molecule has 4 nitrogen and oxygen atoms in total. The van der Waals surface area contributed by atoms with Crippen LogP contribution in [0.1, 0.15) is 32.6 Å². The molecule has 0 amide bonds. The molecule has 4 heteroatoms. The topological polar surface area (TPSA) is 41.7 Å². The summed E-state index contributed by atoms with van der Waals surface area (Å²) in [7, 11) is 4.49. The quantitative estimate of drug-likeness (QED) is 0.814. The van der Waals surface area contributed by atoms with Gasteiger partial charge in [0.2, 0.25) is 0 Å². The molecule has 106 valence electrons. The highest BCUT2D eigenvalue weighted by Crippen LogP contribution is 2.32. The number of hydrogen-bond donors (Lipinski definition) is 1. The van der Waals surface area contributed by atoms with Gasteiger partial charge in [-0.15, -0.1) is 0 Å². The van der Waals surface area contributed by atoms with Gasteiger partial charge >= 0.3 is 0 Å². The lowest BCUT2D eigenvalue weighted by Gasteiger charge is -2.50. The van der Waals surface area contributed by atoms with Gasteiger partial charge in [-0.2, -0.15) is 0 Å². The van der Waals surface area contributed by atoms with Crippen LogP contribution in [0.15, 0.2) is 0 Å². The molecule has 0 radical (unpaired) electrons. The molecule has 0 bridgehead atoms. The summed E-state index contributed by atoms with van der Waals surface area (Å²) in [6.45, 7) is 6.20. The van der Waals surface area contributed by atoms with Crippen LogP contribution in [0.4, 0.5) is 0 Å². The van der Waals surface area contributed by atoms with E-state index in [1.165, 1.54) is 25.9 Å². The van der Waals surface area contributed by atoms with E-state index in [1.807, 2.05) is 0 Å². The average molecular weight is 255 g/mol. The smallest absolute Gasteiger partial charge is 0.0565 e. The molecule has 2 aliphatic rings. The third-order valence-corrected chi connectivity index (χ3v) is 5.00. The van der Waals surface area contributed by atoms with E-state index in [2.05, 4.69) is 30.8 Å². The standard InChI is InChI=1S/C14H29N3O/c1-12-10-14(11-15,6-9-18-12)17(3)13-4-7-16(2)8-5-13/h12-13H,4-11,15H2,1-3H3. The van der Waals surface area contributed by atoms with E-state index in [0.29, 0.717) is 12.1 Å². The summed E-state index contributed by atoms with van der Waals surface area (Å²) in [6.07, 6.45) is 5.03. The first-order chi connectivity index (χ1) is 8.57. The first-order valence-electron chi connectivity index (χ1n) is 7.30. The van der Waals surface area contributed by atoms with Gasteiger partial charge in [0, 0.05) is 24.7 Å². The lowest BCUT2D eigenvalue weighted by atomic mass is 9.83. The number of likely N-dealkylation sites (tertiary alicyclic amines) is 1. The monoisotopic (exact) mass is 255 g/mol. The molecule has 0 saturated carbocycles. The van der Waals surface area contributed by atoms with Crippen molar-refractivity contribution in [2.75, 3.05) is 40.3 Å². The molecule has 2 heterocycles. The fraction of sp³-hybridized carbons (Fsp3) is 1.00. The summed E-state index contributed by atoms with van der Waals surface area (Å²) in [5, 5.41) is 0. The second-order valence-corrected chi connectivity index (χ2v) is 6.21. The Bertz CT molecular complexity index is 266. The summed E-state index contributed by atoms with van der Waals surface area (Å²) in [4.78, 5) is 5.01. The van der Waals surface area contributed by atoms with Crippen LogP contribution in [0.3, 0.4) is 0 Å². The molecule has 0 aromatic heterocycles. The van der Waals surface area contributed by atoms with E-state index >= 15 is 0 Å². The fourth-order valence-electron chi connectivity index (χ4n) is 3.57. The largest absolute Gasteiger partial charge is 0.378 e. The maximum Gasteiger partial charge on any atom is 0.0565 e. The summed E-state index contributed by atoms with van der Waals surface area (Å²) < 4.78 is 5.70. The Hall–Kier alpha value is -0.160. The van der Waals surface area contributed by atoms with Gasteiger partial charge in [0.1, 0.15) is 0 Å². The SMILES string of the molecule is CC1CC(CN)(N(C)C2CCN(C)CC2)CCO1. The lowest BCUT2D eigenvalue weighted by Crippen LogP contribution is -2.61. The molecule has 2 aliphatic heterocycles. The minimum atomic E-state index is 0.165. The van der Waals surface area contributed by atoms with Crippen LogP contribution in [0, 0.1) is 0 Å². The highest BCUT2D eigenvalue weighted by Gasteiger charge is 2.41. The van der Waals surface area contributed by atoms with Crippen molar-refractivity contribution in [2.24, 2.45) is 5.73 Å². The Morgan fingerprint density at radius 2 is 2.06 bits per heavy atom. The first-order valence-corrected chi connectivity index (χ1v) is 7.30. The number of hydrogen-bond acceptors (Lipinski definition) is 4. The Balaban J connectivity index is 2.02. The molecule has 2 atom stereocenters. The minimum absolute atomic E-state index is 0.165. The first kappa shape index (κ1) is 14.3. The third kappa shape index (κ3) is 2.87. The van der Waals surface area contributed by atoms with E-state index in [-0.39, 0.29) is 5.54 Å². The Labute approximate surface area is 111 Å². The molecule has 0 aromatic rings. The lowest BCUT2D eigenvalue weighted by molar-refractivity contribution is -0.0739. The molecule has 0 aliphatic carbocycles. The molecular formula is C14H29N3O. The van der Waals surface area contributed by atoms with Crippen molar-refractivity contribution in [1.82, 2.24) is 9.80 Å². The predicted molar refractivity (Wildman–Crippen MR) is 74.7 cm³/mol. The van der Waals surface area contributed by atoms with Gasteiger partial charge in [0.25, 0.3) is 0 Å². The van der Waals surface area contributed by atoms with Crippen molar-refractivity contribution in [2.45, 2.75) is 50.3 Å². The van der Waals surface area contributed by atoms with Gasteiger partial charge in [0.05, 0.1) is 6.10 Å². The number of ether oxygens (including phenoxy) is 1. The molecule has 0 spiro atoms. The molecule has 0 aromatic carbocycles. The zero-order valence-corrected chi connectivity index (χ0v) is 12.2. The van der Waals surface area contributed by atoms with Crippen LogP contribution in [-0.2, 0) is 4.74 Å². The number of nitrogens with two attached hydrogens (primary N) is 1. The predicted octanol–water partition coefficient (Wildman–Crippen LogP) is 0.909. The van der Waals surface area contributed by atoms with Gasteiger partial charge in [-0.3, -0.25) is 4.90 Å². The molecule has 18 heavy (non-hydrogen) atoms. The summed E-state index contributed by atoms with van der Waals surface area (Å²) in [6, 6.07) is 0.690. The van der Waals surface area contributed by atoms with E-state index in [4.69, 9.17) is 10.5 Å². The van der Waals surface area contributed by atoms with Crippen LogP contribution in [-0.4, -0.2) is 67.8 Å². The van der Waals surface area contributed by atoms with Crippen molar-refractivity contribution < 1.29 is 4.74 Å². The van der Waals surface area contributed by atoms with Crippen molar-refractivity contribution >= 4 is 0 Å². The van der Waals surface area contributed by atoms with Crippen molar-refractivity contribution in [3.8, 4) is 0 Å². The van der Waals surface area contributed by atoms with Crippen molar-refractivity contribution in [3.63, 3.8) is 0 Å². The van der Waals surface area contributed by atoms with Gasteiger partial charge < -0.3 is 15.4 Å². The van der Waals surface area contributed by atoms with Gasteiger partial charge in [-0.1, -0.05) is 0 Å². The molecule has 2 rings (SSSR count). The Morgan fingerprint density at radius 3 is 2.61 bits per heavy atom. The zero-order chi connectivity index (χ0) is 13.2. The zero-order valence-electron chi connectivity index (χ0n) is 12.2. The number of nitrogens with zero attached hydrogens (tertiary/aromatic N) is 2. The van der Waals surface area contributed by atoms with E-state index in [1.54, 1.807) is 0 Å². The summed E-state index contributed by atoms with van der Waals surface area (Å²) >= 11 is 0. The third-order valence-electron chi connectivity index (χ3n) is 5.00. The van der Waals surface area contributed by atoms with Crippen LogP contribution < -0.4 is 5.73 Å². The van der Waals surface area contributed by atoms with Gasteiger partial charge in [-0.25, -0.2) is 0 Å². The Morgan fingerprint density at radius 1 is 1.39 bits per heavy atom. The number of piperidine rings is 1. The van der Waals surface area contributed by atoms with E-state index in [0.717, 1.165) is 26.0 Å². The van der Waals surface area contributed by atoms with Crippen molar-refractivity contribution in [1.29, 1.82) is 0 Å². The molecular weight excluding hydrogens is 226 g/mol. The number of rotatable bonds is 3. The highest BCUT2D eigenvalue weighted by molar-refractivity contribution is 4.97. The minimum Gasteiger partial charge on any atom is -0.378 e.